The number of aryl methyl sites for hydroxylation is 1. The van der Waals surface area contributed by atoms with Gasteiger partial charge in [0.1, 0.15) is 11.4 Å². The lowest BCUT2D eigenvalue weighted by Gasteiger charge is -2.08. The second-order valence-corrected chi connectivity index (χ2v) is 6.57. The van der Waals surface area contributed by atoms with Gasteiger partial charge >= 0.3 is 0 Å². The molecule has 3 aromatic rings. The van der Waals surface area contributed by atoms with Gasteiger partial charge in [0.05, 0.1) is 0 Å². The zero-order valence-corrected chi connectivity index (χ0v) is 14.8. The van der Waals surface area contributed by atoms with Crippen molar-refractivity contribution in [2.75, 3.05) is 6.54 Å². The van der Waals surface area contributed by atoms with E-state index in [9.17, 15) is 9.59 Å². The molecule has 0 spiro atoms. The summed E-state index contributed by atoms with van der Waals surface area (Å²) >= 11 is 0. The van der Waals surface area contributed by atoms with Gasteiger partial charge in [-0.15, -0.1) is 0 Å². The molecular formula is C19H20N6O2. The molecule has 1 saturated carbocycles. The Labute approximate surface area is 155 Å². The van der Waals surface area contributed by atoms with E-state index in [4.69, 9.17) is 0 Å². The lowest BCUT2D eigenvalue weighted by Crippen LogP contribution is -2.31. The van der Waals surface area contributed by atoms with Crippen molar-refractivity contribution in [1.82, 2.24) is 30.0 Å². The van der Waals surface area contributed by atoms with Gasteiger partial charge in [-0.05, 0) is 37.5 Å². The topological polar surface area (TPSA) is 106 Å². The highest BCUT2D eigenvalue weighted by Crippen LogP contribution is 2.39. The van der Waals surface area contributed by atoms with Gasteiger partial charge in [0.15, 0.2) is 0 Å². The van der Waals surface area contributed by atoms with Crippen LogP contribution in [0.5, 0.6) is 0 Å². The van der Waals surface area contributed by atoms with E-state index in [0.717, 1.165) is 18.5 Å². The van der Waals surface area contributed by atoms with Gasteiger partial charge in [-0.3, -0.25) is 19.3 Å². The minimum absolute atomic E-state index is 0.00515. The molecule has 0 radical (unpaired) electrons. The predicted molar refractivity (Wildman–Crippen MR) is 99.2 cm³/mol. The fourth-order valence-electron chi connectivity index (χ4n) is 2.99. The average molecular weight is 364 g/mol. The van der Waals surface area contributed by atoms with Crippen LogP contribution in [0.15, 0.2) is 47.8 Å². The van der Waals surface area contributed by atoms with Gasteiger partial charge in [0.2, 0.25) is 0 Å². The largest absolute Gasteiger partial charge is 0.352 e. The summed E-state index contributed by atoms with van der Waals surface area (Å²) < 4.78 is 2.00. The van der Waals surface area contributed by atoms with Crippen LogP contribution in [-0.4, -0.2) is 37.2 Å². The van der Waals surface area contributed by atoms with E-state index in [1.54, 1.807) is 24.5 Å². The zero-order valence-electron chi connectivity index (χ0n) is 14.8. The van der Waals surface area contributed by atoms with Gasteiger partial charge in [-0.1, -0.05) is 0 Å². The maximum Gasteiger partial charge on any atom is 0.264 e. The van der Waals surface area contributed by atoms with Crippen LogP contribution in [0, 0.1) is 0 Å². The molecule has 4 rings (SSSR count). The SMILES string of the molecule is O=C(NCCCn1nccc1C1CC1)c1cnc(-c2ccncc2)[nH]c1=O. The molecular weight excluding hydrogens is 344 g/mol. The molecule has 138 valence electrons. The Morgan fingerprint density at radius 1 is 1.22 bits per heavy atom. The van der Waals surface area contributed by atoms with Crippen LogP contribution < -0.4 is 10.9 Å². The molecule has 0 bridgehead atoms. The van der Waals surface area contributed by atoms with Gasteiger partial charge in [-0.2, -0.15) is 5.10 Å². The maximum absolute atomic E-state index is 12.3. The third kappa shape index (κ3) is 3.94. The maximum atomic E-state index is 12.3. The van der Waals surface area contributed by atoms with Crippen molar-refractivity contribution in [2.24, 2.45) is 0 Å². The van der Waals surface area contributed by atoms with Gasteiger partial charge in [0.25, 0.3) is 11.5 Å². The first kappa shape index (κ1) is 17.1. The molecule has 1 fully saturated rings. The lowest BCUT2D eigenvalue weighted by atomic mass is 10.2. The molecule has 8 heteroatoms. The number of aromatic amines is 1. The molecule has 8 nitrogen and oxygen atoms in total. The Hall–Kier alpha value is -3.29. The molecule has 0 aliphatic heterocycles. The highest BCUT2D eigenvalue weighted by Gasteiger charge is 2.26. The summed E-state index contributed by atoms with van der Waals surface area (Å²) in [6.07, 6.45) is 9.56. The number of carbonyl (C=O) groups is 1. The monoisotopic (exact) mass is 364 g/mol. The number of carbonyl (C=O) groups excluding carboxylic acids is 1. The predicted octanol–water partition coefficient (Wildman–Crippen LogP) is 1.73. The zero-order chi connectivity index (χ0) is 18.6. The number of hydrogen-bond acceptors (Lipinski definition) is 5. The van der Waals surface area contributed by atoms with E-state index in [-0.39, 0.29) is 5.56 Å². The van der Waals surface area contributed by atoms with E-state index in [1.807, 2.05) is 10.9 Å². The lowest BCUT2D eigenvalue weighted by molar-refractivity contribution is 0.0950. The summed E-state index contributed by atoms with van der Waals surface area (Å²) in [5.74, 6) is 0.629. The van der Waals surface area contributed by atoms with Crippen LogP contribution in [-0.2, 0) is 6.54 Å². The highest BCUT2D eigenvalue weighted by atomic mass is 16.2. The number of nitrogens with one attached hydrogen (secondary N) is 2. The fraction of sp³-hybridized carbons (Fsp3) is 0.316. The Bertz CT molecular complexity index is 991. The Morgan fingerprint density at radius 2 is 2.04 bits per heavy atom. The molecule has 27 heavy (non-hydrogen) atoms. The molecule has 1 aliphatic rings. The van der Waals surface area contributed by atoms with E-state index in [2.05, 4.69) is 31.4 Å². The first-order chi connectivity index (χ1) is 13.2. The molecule has 0 unspecified atom stereocenters. The van der Waals surface area contributed by atoms with E-state index in [0.29, 0.717) is 18.3 Å². The minimum Gasteiger partial charge on any atom is -0.352 e. The first-order valence-corrected chi connectivity index (χ1v) is 9.02. The van der Waals surface area contributed by atoms with Crippen molar-refractivity contribution in [3.8, 4) is 11.4 Å². The van der Waals surface area contributed by atoms with Crippen molar-refractivity contribution in [3.63, 3.8) is 0 Å². The van der Waals surface area contributed by atoms with Crippen LogP contribution in [0.25, 0.3) is 11.4 Å². The fourth-order valence-corrected chi connectivity index (χ4v) is 2.99. The molecule has 3 heterocycles. The summed E-state index contributed by atoms with van der Waals surface area (Å²) in [4.78, 5) is 35.2. The molecule has 0 aromatic carbocycles. The smallest absolute Gasteiger partial charge is 0.264 e. The normalized spacial score (nSPS) is 13.5. The van der Waals surface area contributed by atoms with Crippen LogP contribution >= 0.6 is 0 Å². The van der Waals surface area contributed by atoms with Gasteiger partial charge < -0.3 is 10.3 Å². The van der Waals surface area contributed by atoms with Crippen LogP contribution in [0.1, 0.15) is 41.2 Å². The minimum atomic E-state index is -0.461. The van der Waals surface area contributed by atoms with Gasteiger partial charge in [0, 0.05) is 55.1 Å². The molecule has 0 atom stereocenters. The molecule has 3 aromatic heterocycles. The quantitative estimate of drug-likeness (QED) is 0.621. The van der Waals surface area contributed by atoms with Crippen LogP contribution in [0.2, 0.25) is 0 Å². The highest BCUT2D eigenvalue weighted by molar-refractivity contribution is 5.93. The number of rotatable bonds is 7. The van der Waals surface area contributed by atoms with E-state index in [1.165, 1.54) is 24.7 Å². The number of aromatic nitrogens is 5. The number of pyridine rings is 1. The second kappa shape index (κ2) is 7.53. The van der Waals surface area contributed by atoms with Gasteiger partial charge in [-0.25, -0.2) is 4.98 Å². The summed E-state index contributed by atoms with van der Waals surface area (Å²) in [5, 5.41) is 7.12. The third-order valence-electron chi connectivity index (χ3n) is 4.57. The Balaban J connectivity index is 1.33. The molecule has 0 saturated heterocycles. The summed E-state index contributed by atoms with van der Waals surface area (Å²) in [6, 6.07) is 5.54. The van der Waals surface area contributed by atoms with Crippen molar-refractivity contribution in [3.05, 3.63) is 64.6 Å². The van der Waals surface area contributed by atoms with Crippen LogP contribution in [0.4, 0.5) is 0 Å². The van der Waals surface area contributed by atoms with Crippen molar-refractivity contribution in [2.45, 2.75) is 31.7 Å². The molecule has 1 aliphatic carbocycles. The summed E-state index contributed by atoms with van der Waals surface area (Å²) in [6.45, 7) is 1.21. The number of nitrogens with zero attached hydrogens (tertiary/aromatic N) is 4. The number of amides is 1. The van der Waals surface area contributed by atoms with Crippen LogP contribution in [0.3, 0.4) is 0 Å². The van der Waals surface area contributed by atoms with Crippen molar-refractivity contribution >= 4 is 5.91 Å². The summed E-state index contributed by atoms with van der Waals surface area (Å²) in [5.41, 5.74) is 1.55. The second-order valence-electron chi connectivity index (χ2n) is 6.57. The summed E-state index contributed by atoms with van der Waals surface area (Å²) in [7, 11) is 0. The van der Waals surface area contributed by atoms with E-state index < -0.39 is 11.5 Å². The number of H-pyrrole nitrogens is 1. The Morgan fingerprint density at radius 3 is 2.78 bits per heavy atom. The Kier molecular flexibility index (Phi) is 4.78. The average Bonchev–Trinajstić information content (AvgIpc) is 3.43. The third-order valence-corrected chi connectivity index (χ3v) is 4.57. The first-order valence-electron chi connectivity index (χ1n) is 9.02. The van der Waals surface area contributed by atoms with Crippen molar-refractivity contribution in [1.29, 1.82) is 0 Å². The standard InChI is InChI=1S/C19H20N6O2/c26-18(21-7-1-11-25-16(6-10-23-25)13-2-3-13)15-12-22-17(24-19(15)27)14-4-8-20-9-5-14/h4-6,8-10,12-13H,1-3,7,11H2,(H,21,26)(H,22,24,27). The number of hydrogen-bond donors (Lipinski definition) is 2. The molecule has 2 N–H and O–H groups in total. The van der Waals surface area contributed by atoms with E-state index >= 15 is 0 Å². The van der Waals surface area contributed by atoms with Crippen molar-refractivity contribution < 1.29 is 4.79 Å². The molecule has 1 amide bonds.